The largest absolute Gasteiger partial charge is 0.378 e. The van der Waals surface area contributed by atoms with Crippen LogP contribution < -0.4 is 0 Å². The zero-order valence-electron chi connectivity index (χ0n) is 18.0. The molecule has 1 unspecified atom stereocenters. The van der Waals surface area contributed by atoms with E-state index in [1.165, 1.54) is 0 Å². The van der Waals surface area contributed by atoms with Gasteiger partial charge in [-0.3, -0.25) is 14.4 Å². The fourth-order valence-electron chi connectivity index (χ4n) is 4.24. The number of aromatic nitrogens is 3. The van der Waals surface area contributed by atoms with Gasteiger partial charge in [0.1, 0.15) is 17.4 Å². The van der Waals surface area contributed by atoms with Crippen molar-refractivity contribution in [2.24, 2.45) is 10.9 Å². The number of rotatable bonds is 4. The zero-order chi connectivity index (χ0) is 22.2. The van der Waals surface area contributed by atoms with Gasteiger partial charge in [-0.25, -0.2) is 0 Å². The SMILES string of the molecule is Cc1nnc2n1-c1sc(CC(C)C(=O)N3CCOCC3)cc1C(c1ccccc1Cl)=NC2. The van der Waals surface area contributed by atoms with Crippen LogP contribution in [-0.2, 0) is 22.5 Å². The summed E-state index contributed by atoms with van der Waals surface area (Å²) in [6, 6.07) is 9.91. The Morgan fingerprint density at radius 3 is 2.78 bits per heavy atom. The number of halogens is 1. The second-order valence-corrected chi connectivity index (χ2v) is 9.64. The molecule has 0 spiro atoms. The fraction of sp³-hybridized carbons (Fsp3) is 0.391. The van der Waals surface area contributed by atoms with Crippen LogP contribution in [0.25, 0.3) is 5.00 Å². The molecule has 1 amide bonds. The molecule has 2 aliphatic rings. The number of carbonyl (C=O) groups excluding carboxylic acids is 1. The van der Waals surface area contributed by atoms with Crippen LogP contribution in [0.4, 0.5) is 0 Å². The first-order valence-corrected chi connectivity index (χ1v) is 11.9. The normalized spacial score (nSPS) is 16.7. The molecule has 0 N–H and O–H groups in total. The highest BCUT2D eigenvalue weighted by atomic mass is 35.5. The maximum atomic E-state index is 13.0. The monoisotopic (exact) mass is 469 g/mol. The smallest absolute Gasteiger partial charge is 0.225 e. The van der Waals surface area contributed by atoms with Crippen LogP contribution in [0.1, 0.15) is 34.6 Å². The predicted molar refractivity (Wildman–Crippen MR) is 125 cm³/mol. The third-order valence-electron chi connectivity index (χ3n) is 5.87. The Balaban J connectivity index is 1.52. The maximum Gasteiger partial charge on any atom is 0.225 e. The average molecular weight is 470 g/mol. The molecule has 166 valence electrons. The first-order valence-electron chi connectivity index (χ1n) is 10.7. The second-order valence-electron chi connectivity index (χ2n) is 8.12. The molecule has 0 radical (unpaired) electrons. The summed E-state index contributed by atoms with van der Waals surface area (Å²) in [5, 5.41) is 10.3. The summed E-state index contributed by atoms with van der Waals surface area (Å²) < 4.78 is 7.46. The third-order valence-corrected chi connectivity index (χ3v) is 7.34. The Bertz CT molecular complexity index is 1190. The highest BCUT2D eigenvalue weighted by Gasteiger charge is 2.28. The van der Waals surface area contributed by atoms with E-state index in [2.05, 4.69) is 20.8 Å². The molecule has 7 nitrogen and oxygen atoms in total. The van der Waals surface area contributed by atoms with Gasteiger partial charge in [-0.05, 0) is 25.5 Å². The van der Waals surface area contributed by atoms with Gasteiger partial charge in [0, 0.05) is 40.0 Å². The Morgan fingerprint density at radius 2 is 2.00 bits per heavy atom. The van der Waals surface area contributed by atoms with Crippen LogP contribution in [0.5, 0.6) is 0 Å². The van der Waals surface area contributed by atoms with Crippen molar-refractivity contribution in [1.29, 1.82) is 0 Å². The number of ether oxygens (including phenoxy) is 1. The van der Waals surface area contributed by atoms with E-state index in [1.54, 1.807) is 11.3 Å². The summed E-state index contributed by atoms with van der Waals surface area (Å²) in [5.74, 6) is 1.69. The summed E-state index contributed by atoms with van der Waals surface area (Å²) in [6.45, 7) is 6.93. The quantitative estimate of drug-likeness (QED) is 0.584. The number of benzene rings is 1. The number of fused-ring (bicyclic) bond motifs is 3. The average Bonchev–Trinajstić information content (AvgIpc) is 3.34. The van der Waals surface area contributed by atoms with Gasteiger partial charge in [-0.1, -0.05) is 36.7 Å². The molecule has 32 heavy (non-hydrogen) atoms. The van der Waals surface area contributed by atoms with E-state index in [1.807, 2.05) is 43.0 Å². The van der Waals surface area contributed by atoms with Crippen molar-refractivity contribution in [2.75, 3.05) is 26.3 Å². The van der Waals surface area contributed by atoms with E-state index in [-0.39, 0.29) is 11.8 Å². The summed E-state index contributed by atoms with van der Waals surface area (Å²) >= 11 is 8.21. The molecule has 0 aliphatic carbocycles. The summed E-state index contributed by atoms with van der Waals surface area (Å²) in [5.41, 5.74) is 2.75. The lowest BCUT2D eigenvalue weighted by atomic mass is 10.0. The molecule has 3 aromatic rings. The van der Waals surface area contributed by atoms with Gasteiger partial charge in [-0.15, -0.1) is 21.5 Å². The highest BCUT2D eigenvalue weighted by molar-refractivity contribution is 7.15. The highest BCUT2D eigenvalue weighted by Crippen LogP contribution is 2.35. The van der Waals surface area contributed by atoms with E-state index in [0.717, 1.165) is 38.4 Å². The molecule has 4 heterocycles. The summed E-state index contributed by atoms with van der Waals surface area (Å²) in [6.07, 6.45) is 0.667. The maximum absolute atomic E-state index is 13.0. The molecular weight excluding hydrogens is 446 g/mol. The molecule has 1 saturated heterocycles. The van der Waals surface area contributed by atoms with E-state index in [0.29, 0.717) is 44.3 Å². The van der Waals surface area contributed by atoms with Crippen LogP contribution in [0.2, 0.25) is 5.02 Å². The van der Waals surface area contributed by atoms with Crippen LogP contribution in [0.3, 0.4) is 0 Å². The minimum atomic E-state index is -0.113. The predicted octanol–water partition coefficient (Wildman–Crippen LogP) is 3.68. The number of aryl methyl sites for hydroxylation is 1. The standard InChI is InChI=1S/C23H24ClN5O2S/c1-14(22(30)28-7-9-31-10-8-28)11-16-12-18-21(17-5-3-4-6-19(17)24)25-13-20-27-26-15(2)29(20)23(18)32-16/h3-6,12,14H,7-11,13H2,1-2H3. The molecule has 1 fully saturated rings. The lowest BCUT2D eigenvalue weighted by Gasteiger charge is -2.29. The van der Waals surface area contributed by atoms with Gasteiger partial charge in [0.05, 0.1) is 18.9 Å². The zero-order valence-corrected chi connectivity index (χ0v) is 19.6. The number of amides is 1. The van der Waals surface area contributed by atoms with Gasteiger partial charge < -0.3 is 9.64 Å². The number of morpholine rings is 1. The number of nitrogens with zero attached hydrogens (tertiary/aromatic N) is 5. The minimum absolute atomic E-state index is 0.113. The van der Waals surface area contributed by atoms with Gasteiger partial charge in [0.25, 0.3) is 0 Å². The van der Waals surface area contributed by atoms with Crippen LogP contribution in [0.15, 0.2) is 35.3 Å². The van der Waals surface area contributed by atoms with Crippen molar-refractivity contribution in [2.45, 2.75) is 26.8 Å². The van der Waals surface area contributed by atoms with Gasteiger partial charge in [0.2, 0.25) is 5.91 Å². The second kappa shape index (κ2) is 8.77. The van der Waals surface area contributed by atoms with Crippen LogP contribution in [-0.4, -0.2) is 57.6 Å². The molecule has 1 atom stereocenters. The van der Waals surface area contributed by atoms with Gasteiger partial charge in [-0.2, -0.15) is 0 Å². The van der Waals surface area contributed by atoms with Crippen molar-refractivity contribution in [1.82, 2.24) is 19.7 Å². The van der Waals surface area contributed by atoms with Crippen LogP contribution >= 0.6 is 22.9 Å². The van der Waals surface area contributed by atoms with Crippen molar-refractivity contribution in [3.63, 3.8) is 0 Å². The van der Waals surface area contributed by atoms with Crippen molar-refractivity contribution < 1.29 is 9.53 Å². The molecule has 0 saturated carbocycles. The molecule has 0 bridgehead atoms. The first kappa shape index (κ1) is 21.3. The number of carbonyl (C=O) groups is 1. The molecular formula is C23H24ClN5O2S. The van der Waals surface area contributed by atoms with E-state index >= 15 is 0 Å². The van der Waals surface area contributed by atoms with Crippen molar-refractivity contribution in [3.8, 4) is 5.00 Å². The van der Waals surface area contributed by atoms with Crippen molar-refractivity contribution in [3.05, 3.63) is 63.0 Å². The van der Waals surface area contributed by atoms with Crippen molar-refractivity contribution >= 4 is 34.6 Å². The number of hydrogen-bond donors (Lipinski definition) is 0. The summed E-state index contributed by atoms with van der Waals surface area (Å²) in [4.78, 5) is 20.9. The van der Waals surface area contributed by atoms with E-state index < -0.39 is 0 Å². The lowest BCUT2D eigenvalue weighted by molar-refractivity contribution is -0.139. The minimum Gasteiger partial charge on any atom is -0.378 e. The Labute approximate surface area is 195 Å². The molecule has 5 rings (SSSR count). The number of thiophene rings is 1. The molecule has 2 aromatic heterocycles. The molecule has 2 aliphatic heterocycles. The topological polar surface area (TPSA) is 72.6 Å². The fourth-order valence-corrected chi connectivity index (χ4v) is 5.82. The van der Waals surface area contributed by atoms with E-state index in [9.17, 15) is 4.79 Å². The lowest BCUT2D eigenvalue weighted by Crippen LogP contribution is -2.43. The van der Waals surface area contributed by atoms with Gasteiger partial charge >= 0.3 is 0 Å². The van der Waals surface area contributed by atoms with E-state index in [4.69, 9.17) is 21.3 Å². The third kappa shape index (κ3) is 3.87. The molecule has 1 aromatic carbocycles. The number of hydrogen-bond acceptors (Lipinski definition) is 6. The summed E-state index contributed by atoms with van der Waals surface area (Å²) in [7, 11) is 0. The Hall–Kier alpha value is -2.55. The van der Waals surface area contributed by atoms with Crippen LogP contribution in [0, 0.1) is 12.8 Å². The Kier molecular flexibility index (Phi) is 5.84. The van der Waals surface area contributed by atoms with Gasteiger partial charge in [0.15, 0.2) is 5.82 Å². The Morgan fingerprint density at radius 1 is 1.22 bits per heavy atom. The first-order chi connectivity index (χ1) is 15.5. The number of aliphatic imine (C=N–C) groups is 1. The molecule has 9 heteroatoms.